The number of nitrogens with one attached hydrogen (secondary N) is 1. The van der Waals surface area contributed by atoms with E-state index >= 15 is 0 Å². The van der Waals surface area contributed by atoms with Crippen molar-refractivity contribution in [3.8, 4) is 0 Å². The summed E-state index contributed by atoms with van der Waals surface area (Å²) in [5.74, 6) is 0.436. The molecule has 0 aromatic carbocycles. The molecule has 10 heavy (non-hydrogen) atoms. The van der Waals surface area contributed by atoms with Gasteiger partial charge in [-0.15, -0.1) is 0 Å². The zero-order valence-corrected chi connectivity index (χ0v) is 6.51. The molecule has 3 nitrogen and oxygen atoms in total. The molecule has 0 amide bonds. The van der Waals surface area contributed by atoms with Crippen LogP contribution in [0.25, 0.3) is 0 Å². The van der Waals surface area contributed by atoms with Crippen molar-refractivity contribution in [2.75, 3.05) is 12.4 Å². The second kappa shape index (κ2) is 2.73. The van der Waals surface area contributed by atoms with E-state index in [0.29, 0.717) is 11.9 Å². The van der Waals surface area contributed by atoms with Crippen LogP contribution in [0.5, 0.6) is 0 Å². The van der Waals surface area contributed by atoms with E-state index < -0.39 is 0 Å². The zero-order chi connectivity index (χ0) is 7.56. The monoisotopic (exact) mass is 140 g/mol. The van der Waals surface area contributed by atoms with Gasteiger partial charge in [-0.05, 0) is 5.92 Å². The molecular weight excluding hydrogens is 128 g/mol. The molecule has 3 heteroatoms. The van der Waals surface area contributed by atoms with Crippen LogP contribution in [0.4, 0.5) is 6.01 Å². The van der Waals surface area contributed by atoms with E-state index in [2.05, 4.69) is 24.1 Å². The minimum atomic E-state index is 0.436. The van der Waals surface area contributed by atoms with E-state index in [1.807, 2.05) is 0 Å². The van der Waals surface area contributed by atoms with Gasteiger partial charge in [-0.2, -0.15) is 4.98 Å². The molecule has 0 aliphatic rings. The molecule has 0 atom stereocenters. The van der Waals surface area contributed by atoms with Crippen molar-refractivity contribution >= 4 is 6.01 Å². The fourth-order valence-electron chi connectivity index (χ4n) is 0.666. The summed E-state index contributed by atoms with van der Waals surface area (Å²) in [6, 6.07) is 0.587. The Labute approximate surface area is 60.5 Å². The van der Waals surface area contributed by atoms with E-state index in [0.717, 1.165) is 5.69 Å². The van der Waals surface area contributed by atoms with Gasteiger partial charge < -0.3 is 9.73 Å². The van der Waals surface area contributed by atoms with Gasteiger partial charge in [0.25, 0.3) is 6.01 Å². The number of nitrogens with zero attached hydrogens (tertiary/aromatic N) is 1. The Morgan fingerprint density at radius 3 is 2.60 bits per heavy atom. The predicted octanol–water partition coefficient (Wildman–Crippen LogP) is 1.84. The summed E-state index contributed by atoms with van der Waals surface area (Å²) in [4.78, 5) is 4.15. The molecule has 0 aliphatic carbocycles. The van der Waals surface area contributed by atoms with Crippen LogP contribution in [0.3, 0.4) is 0 Å². The minimum absolute atomic E-state index is 0.436. The van der Waals surface area contributed by atoms with Crippen LogP contribution in [0.15, 0.2) is 10.7 Å². The average molecular weight is 140 g/mol. The summed E-state index contributed by atoms with van der Waals surface area (Å²) in [7, 11) is 1.79. The number of rotatable bonds is 2. The Bertz CT molecular complexity index is 205. The van der Waals surface area contributed by atoms with E-state index in [1.54, 1.807) is 13.3 Å². The normalized spacial score (nSPS) is 10.4. The van der Waals surface area contributed by atoms with E-state index in [-0.39, 0.29) is 0 Å². The van der Waals surface area contributed by atoms with Crippen molar-refractivity contribution in [3.05, 3.63) is 12.0 Å². The first-order chi connectivity index (χ1) is 4.74. The Hall–Kier alpha value is -0.990. The molecule has 1 heterocycles. The third-order valence-corrected chi connectivity index (χ3v) is 1.33. The highest BCUT2D eigenvalue weighted by atomic mass is 16.4. The summed E-state index contributed by atoms with van der Waals surface area (Å²) in [6.45, 7) is 4.16. The first-order valence-corrected chi connectivity index (χ1v) is 3.37. The van der Waals surface area contributed by atoms with E-state index in [1.165, 1.54) is 0 Å². The van der Waals surface area contributed by atoms with Crippen LogP contribution in [-0.2, 0) is 0 Å². The quantitative estimate of drug-likeness (QED) is 0.681. The van der Waals surface area contributed by atoms with Crippen LogP contribution in [0.1, 0.15) is 25.5 Å². The smallest absolute Gasteiger partial charge is 0.294 e. The van der Waals surface area contributed by atoms with Crippen molar-refractivity contribution in [3.63, 3.8) is 0 Å². The van der Waals surface area contributed by atoms with Crippen LogP contribution in [-0.4, -0.2) is 12.0 Å². The molecule has 0 aliphatic heterocycles. The largest absolute Gasteiger partial charge is 0.432 e. The lowest BCUT2D eigenvalue weighted by Gasteiger charge is -1.93. The van der Waals surface area contributed by atoms with Crippen LogP contribution in [0, 0.1) is 0 Å². The summed E-state index contributed by atoms with van der Waals surface area (Å²) >= 11 is 0. The molecule has 1 rings (SSSR count). The van der Waals surface area contributed by atoms with Crippen LogP contribution in [0.2, 0.25) is 0 Å². The van der Waals surface area contributed by atoms with Gasteiger partial charge in [0, 0.05) is 7.05 Å². The maximum absolute atomic E-state index is 5.05. The Morgan fingerprint density at radius 2 is 2.30 bits per heavy atom. The molecule has 1 N–H and O–H groups in total. The van der Waals surface area contributed by atoms with Gasteiger partial charge in [0.1, 0.15) is 6.26 Å². The summed E-state index contributed by atoms with van der Waals surface area (Å²) < 4.78 is 5.05. The average Bonchev–Trinajstić information content (AvgIpc) is 2.34. The van der Waals surface area contributed by atoms with Gasteiger partial charge in [0.2, 0.25) is 0 Å². The van der Waals surface area contributed by atoms with E-state index in [4.69, 9.17) is 4.42 Å². The Balaban J connectivity index is 2.78. The molecule has 0 spiro atoms. The second-order valence-corrected chi connectivity index (χ2v) is 2.48. The molecular formula is C7H12N2O. The zero-order valence-electron chi connectivity index (χ0n) is 6.51. The fraction of sp³-hybridized carbons (Fsp3) is 0.571. The highest BCUT2D eigenvalue weighted by Crippen LogP contribution is 2.14. The highest BCUT2D eigenvalue weighted by Gasteiger charge is 2.04. The number of anilines is 1. The van der Waals surface area contributed by atoms with Crippen molar-refractivity contribution in [2.24, 2.45) is 0 Å². The highest BCUT2D eigenvalue weighted by molar-refractivity contribution is 5.20. The van der Waals surface area contributed by atoms with Crippen molar-refractivity contribution in [2.45, 2.75) is 19.8 Å². The van der Waals surface area contributed by atoms with Crippen LogP contribution < -0.4 is 5.32 Å². The maximum Gasteiger partial charge on any atom is 0.294 e. The molecule has 1 aromatic heterocycles. The number of oxazole rings is 1. The first-order valence-electron chi connectivity index (χ1n) is 3.37. The van der Waals surface area contributed by atoms with Crippen molar-refractivity contribution in [1.29, 1.82) is 0 Å². The molecule has 0 bridgehead atoms. The molecule has 0 saturated carbocycles. The molecule has 0 radical (unpaired) electrons. The second-order valence-electron chi connectivity index (χ2n) is 2.48. The summed E-state index contributed by atoms with van der Waals surface area (Å²) in [5, 5.41) is 2.82. The first kappa shape index (κ1) is 7.12. The van der Waals surface area contributed by atoms with Crippen molar-refractivity contribution in [1.82, 2.24) is 4.98 Å². The third-order valence-electron chi connectivity index (χ3n) is 1.33. The Kier molecular flexibility index (Phi) is 1.94. The van der Waals surface area contributed by atoms with Crippen LogP contribution >= 0.6 is 0 Å². The van der Waals surface area contributed by atoms with Crippen molar-refractivity contribution < 1.29 is 4.42 Å². The standard InChI is InChI=1S/C7H12N2O/c1-5(2)6-4-10-7(8-3)9-6/h4-5H,1-3H3,(H,8,9). The molecule has 0 fully saturated rings. The van der Waals surface area contributed by atoms with Gasteiger partial charge in [-0.3, -0.25) is 0 Å². The van der Waals surface area contributed by atoms with Gasteiger partial charge in [-0.1, -0.05) is 13.8 Å². The summed E-state index contributed by atoms with van der Waals surface area (Å²) in [6.07, 6.45) is 1.68. The lowest BCUT2D eigenvalue weighted by molar-refractivity contribution is 0.572. The summed E-state index contributed by atoms with van der Waals surface area (Å²) in [5.41, 5.74) is 0.990. The van der Waals surface area contributed by atoms with Gasteiger partial charge in [-0.25, -0.2) is 0 Å². The van der Waals surface area contributed by atoms with Gasteiger partial charge >= 0.3 is 0 Å². The molecule has 0 unspecified atom stereocenters. The third kappa shape index (κ3) is 1.29. The Morgan fingerprint density at radius 1 is 1.60 bits per heavy atom. The molecule has 1 aromatic rings. The fourth-order valence-corrected chi connectivity index (χ4v) is 0.666. The maximum atomic E-state index is 5.05. The number of hydrogen-bond donors (Lipinski definition) is 1. The topological polar surface area (TPSA) is 38.1 Å². The molecule has 56 valence electrons. The van der Waals surface area contributed by atoms with Gasteiger partial charge in [0.15, 0.2) is 0 Å². The number of hydrogen-bond acceptors (Lipinski definition) is 3. The van der Waals surface area contributed by atoms with E-state index in [9.17, 15) is 0 Å². The number of aromatic nitrogens is 1. The molecule has 0 saturated heterocycles. The lowest BCUT2D eigenvalue weighted by atomic mass is 10.2. The lowest BCUT2D eigenvalue weighted by Crippen LogP contribution is -1.90. The van der Waals surface area contributed by atoms with Gasteiger partial charge in [0.05, 0.1) is 5.69 Å². The minimum Gasteiger partial charge on any atom is -0.432 e. The predicted molar refractivity (Wildman–Crippen MR) is 40.1 cm³/mol. The SMILES string of the molecule is CNc1nc(C(C)C)co1.